The van der Waals surface area contributed by atoms with Crippen LogP contribution in [0.25, 0.3) is 5.65 Å². The minimum absolute atomic E-state index is 0.00251. The van der Waals surface area contributed by atoms with Crippen molar-refractivity contribution in [2.24, 2.45) is 0 Å². The molecule has 0 radical (unpaired) electrons. The van der Waals surface area contributed by atoms with E-state index in [2.05, 4.69) is 10.1 Å². The fourth-order valence-corrected chi connectivity index (χ4v) is 4.07. The average molecular weight is 358 g/mol. The van der Waals surface area contributed by atoms with Crippen LogP contribution in [0.4, 0.5) is 0 Å². The minimum atomic E-state index is -0.130. The van der Waals surface area contributed by atoms with E-state index >= 15 is 0 Å². The molecular formula is C19H26N4O3. The van der Waals surface area contributed by atoms with Crippen molar-refractivity contribution in [3.8, 4) is 0 Å². The summed E-state index contributed by atoms with van der Waals surface area (Å²) in [6.07, 6.45) is 2.67. The molecule has 7 nitrogen and oxygen atoms in total. The molecular weight excluding hydrogens is 332 g/mol. The largest absolute Gasteiger partial charge is 0.381 e. The van der Waals surface area contributed by atoms with Gasteiger partial charge in [-0.3, -0.25) is 4.79 Å². The molecule has 2 saturated heterocycles. The normalized spacial score (nSPS) is 20.5. The molecule has 1 amide bonds. The summed E-state index contributed by atoms with van der Waals surface area (Å²) in [5.74, 6) is 0.00251. The molecule has 2 aliphatic rings. The number of carbonyl (C=O) groups excluding carboxylic acids is 1. The van der Waals surface area contributed by atoms with Crippen LogP contribution in [0.15, 0.2) is 6.07 Å². The third kappa shape index (κ3) is 2.99. The smallest absolute Gasteiger partial charge is 0.259 e. The second-order valence-electron chi connectivity index (χ2n) is 7.42. The van der Waals surface area contributed by atoms with E-state index in [1.807, 2.05) is 31.7 Å². The molecule has 4 rings (SSSR count). The third-order valence-corrected chi connectivity index (χ3v) is 5.58. The van der Waals surface area contributed by atoms with Gasteiger partial charge in [0.15, 0.2) is 5.65 Å². The van der Waals surface area contributed by atoms with E-state index in [4.69, 9.17) is 9.47 Å². The zero-order valence-corrected chi connectivity index (χ0v) is 15.7. The Kier molecular flexibility index (Phi) is 4.44. The van der Waals surface area contributed by atoms with Gasteiger partial charge in [0.25, 0.3) is 5.91 Å². The summed E-state index contributed by atoms with van der Waals surface area (Å²) in [5, 5.41) is 4.54. The van der Waals surface area contributed by atoms with Crippen molar-refractivity contribution < 1.29 is 14.3 Å². The maximum absolute atomic E-state index is 13.3. The molecule has 2 aromatic rings. The number of nitrogens with zero attached hydrogens (tertiary/aromatic N) is 4. The number of fused-ring (bicyclic) bond motifs is 1. The molecule has 0 N–H and O–H groups in total. The summed E-state index contributed by atoms with van der Waals surface area (Å²) in [5.41, 5.74) is 3.73. The summed E-state index contributed by atoms with van der Waals surface area (Å²) in [4.78, 5) is 19.8. The van der Waals surface area contributed by atoms with E-state index < -0.39 is 0 Å². The zero-order valence-electron chi connectivity index (χ0n) is 15.7. The van der Waals surface area contributed by atoms with Crippen LogP contribution in [0.1, 0.15) is 46.7 Å². The highest BCUT2D eigenvalue weighted by Gasteiger charge is 2.37. The van der Waals surface area contributed by atoms with Crippen molar-refractivity contribution in [1.82, 2.24) is 19.5 Å². The number of amides is 1. The average Bonchev–Trinajstić information content (AvgIpc) is 2.81. The van der Waals surface area contributed by atoms with Gasteiger partial charge in [0.05, 0.1) is 17.9 Å². The van der Waals surface area contributed by atoms with Gasteiger partial charge in [0.1, 0.15) is 5.56 Å². The Labute approximate surface area is 153 Å². The van der Waals surface area contributed by atoms with Crippen molar-refractivity contribution in [2.75, 3.05) is 32.9 Å². The molecule has 2 aromatic heterocycles. The first-order chi connectivity index (χ1) is 12.5. The first-order valence-corrected chi connectivity index (χ1v) is 9.34. The zero-order chi connectivity index (χ0) is 18.3. The number of hydrogen-bond donors (Lipinski definition) is 0. The molecule has 2 fully saturated rings. The van der Waals surface area contributed by atoms with Crippen LogP contribution in [-0.2, 0) is 9.47 Å². The molecule has 26 heavy (non-hydrogen) atoms. The number of carbonyl (C=O) groups is 1. The van der Waals surface area contributed by atoms with Crippen LogP contribution in [0.5, 0.6) is 0 Å². The summed E-state index contributed by atoms with van der Waals surface area (Å²) in [6.45, 7) is 9.15. The Bertz CT molecular complexity index is 839. The molecule has 140 valence electrons. The van der Waals surface area contributed by atoms with Crippen LogP contribution in [-0.4, -0.2) is 63.9 Å². The SMILES string of the molecule is Cc1cc(C)n2nc(C)c(C(=O)N3CCOC4(CCOCC4)CC3)c2n1. The van der Waals surface area contributed by atoms with E-state index in [0.29, 0.717) is 30.9 Å². The van der Waals surface area contributed by atoms with Crippen LogP contribution >= 0.6 is 0 Å². The topological polar surface area (TPSA) is 69.0 Å². The number of hydrogen-bond acceptors (Lipinski definition) is 5. The fraction of sp³-hybridized carbons (Fsp3) is 0.632. The summed E-state index contributed by atoms with van der Waals surface area (Å²) >= 11 is 0. The fourth-order valence-electron chi connectivity index (χ4n) is 4.07. The van der Waals surface area contributed by atoms with Gasteiger partial charge in [-0.05, 0) is 46.1 Å². The van der Waals surface area contributed by atoms with Gasteiger partial charge in [-0.15, -0.1) is 0 Å². The van der Waals surface area contributed by atoms with Gasteiger partial charge in [-0.1, -0.05) is 0 Å². The molecule has 0 aromatic carbocycles. The summed E-state index contributed by atoms with van der Waals surface area (Å²) < 4.78 is 13.4. The van der Waals surface area contributed by atoms with Gasteiger partial charge < -0.3 is 14.4 Å². The van der Waals surface area contributed by atoms with Crippen LogP contribution in [0.3, 0.4) is 0 Å². The molecule has 0 bridgehead atoms. The van der Waals surface area contributed by atoms with Gasteiger partial charge in [-0.25, -0.2) is 9.50 Å². The number of aromatic nitrogens is 3. The number of ether oxygens (including phenoxy) is 2. The third-order valence-electron chi connectivity index (χ3n) is 5.58. The Balaban J connectivity index is 1.62. The lowest BCUT2D eigenvalue weighted by molar-refractivity contribution is -0.105. The lowest BCUT2D eigenvalue weighted by Crippen LogP contribution is -2.40. The summed E-state index contributed by atoms with van der Waals surface area (Å²) in [6, 6.07) is 1.97. The molecule has 0 unspecified atom stereocenters. The minimum Gasteiger partial charge on any atom is -0.381 e. The number of aryl methyl sites for hydroxylation is 3. The Hall–Kier alpha value is -1.99. The quantitative estimate of drug-likeness (QED) is 0.781. The van der Waals surface area contributed by atoms with Gasteiger partial charge in [0.2, 0.25) is 0 Å². The standard InChI is InChI=1S/C19H26N4O3/c1-13-12-14(2)23-17(20-13)16(15(3)21-23)18(24)22-7-4-19(26-11-8-22)5-9-25-10-6-19/h12H,4-11H2,1-3H3. The predicted molar refractivity (Wildman–Crippen MR) is 96.5 cm³/mol. The Morgan fingerprint density at radius 2 is 1.88 bits per heavy atom. The lowest BCUT2D eigenvalue weighted by Gasteiger charge is -2.35. The van der Waals surface area contributed by atoms with Crippen LogP contribution in [0, 0.1) is 20.8 Å². The number of rotatable bonds is 1. The molecule has 4 heterocycles. The molecule has 7 heteroatoms. The second kappa shape index (κ2) is 6.63. The van der Waals surface area contributed by atoms with E-state index in [0.717, 1.165) is 49.6 Å². The first-order valence-electron chi connectivity index (χ1n) is 9.34. The highest BCUT2D eigenvalue weighted by molar-refractivity contribution is 6.01. The maximum Gasteiger partial charge on any atom is 0.259 e. The predicted octanol–water partition coefficient (Wildman–Crippen LogP) is 2.07. The van der Waals surface area contributed by atoms with Crippen molar-refractivity contribution >= 4 is 11.6 Å². The lowest BCUT2D eigenvalue weighted by atomic mass is 9.90. The van der Waals surface area contributed by atoms with E-state index in [1.54, 1.807) is 4.52 Å². The van der Waals surface area contributed by atoms with Crippen LogP contribution < -0.4 is 0 Å². The van der Waals surface area contributed by atoms with E-state index in [1.165, 1.54) is 0 Å². The highest BCUT2D eigenvalue weighted by Crippen LogP contribution is 2.31. The van der Waals surface area contributed by atoms with Crippen molar-refractivity contribution in [2.45, 2.75) is 45.6 Å². The monoisotopic (exact) mass is 358 g/mol. The van der Waals surface area contributed by atoms with Gasteiger partial charge in [0, 0.05) is 37.7 Å². The molecule has 1 spiro atoms. The van der Waals surface area contributed by atoms with E-state index in [-0.39, 0.29) is 11.5 Å². The van der Waals surface area contributed by atoms with E-state index in [9.17, 15) is 4.79 Å². The molecule has 0 atom stereocenters. The summed E-state index contributed by atoms with van der Waals surface area (Å²) in [7, 11) is 0. The Morgan fingerprint density at radius 3 is 2.65 bits per heavy atom. The second-order valence-corrected chi connectivity index (χ2v) is 7.42. The van der Waals surface area contributed by atoms with Crippen LogP contribution in [0.2, 0.25) is 0 Å². The molecule has 0 aliphatic carbocycles. The van der Waals surface area contributed by atoms with Crippen molar-refractivity contribution in [1.29, 1.82) is 0 Å². The Morgan fingerprint density at radius 1 is 1.12 bits per heavy atom. The molecule has 0 saturated carbocycles. The van der Waals surface area contributed by atoms with Gasteiger partial charge in [-0.2, -0.15) is 5.10 Å². The highest BCUT2D eigenvalue weighted by atomic mass is 16.5. The van der Waals surface area contributed by atoms with Crippen molar-refractivity contribution in [3.63, 3.8) is 0 Å². The first kappa shape index (κ1) is 17.4. The maximum atomic E-state index is 13.3. The molecule has 2 aliphatic heterocycles. The van der Waals surface area contributed by atoms with Gasteiger partial charge >= 0.3 is 0 Å². The van der Waals surface area contributed by atoms with Crippen molar-refractivity contribution in [3.05, 3.63) is 28.7 Å².